The van der Waals surface area contributed by atoms with Crippen molar-refractivity contribution < 1.29 is 9.53 Å². The van der Waals surface area contributed by atoms with Gasteiger partial charge in [-0.25, -0.2) is 4.98 Å². The average Bonchev–Trinajstić information content (AvgIpc) is 3.38. The molecule has 0 bridgehead atoms. The van der Waals surface area contributed by atoms with Gasteiger partial charge in [0.25, 0.3) is 5.91 Å². The van der Waals surface area contributed by atoms with Crippen molar-refractivity contribution in [2.24, 2.45) is 0 Å². The van der Waals surface area contributed by atoms with Crippen LogP contribution >= 0.6 is 0 Å². The Bertz CT molecular complexity index is 1120. The Morgan fingerprint density at radius 1 is 1.24 bits per heavy atom. The number of para-hydroxylation sites is 2. The number of aromatic amines is 1. The van der Waals surface area contributed by atoms with Crippen LogP contribution in [0.3, 0.4) is 0 Å². The summed E-state index contributed by atoms with van der Waals surface area (Å²) in [7, 11) is 1.67. The topological polar surface area (TPSA) is 97.7 Å². The zero-order valence-electron chi connectivity index (χ0n) is 16.3. The molecule has 4 rings (SSSR count). The molecule has 8 heteroatoms. The van der Waals surface area contributed by atoms with Crippen LogP contribution in [0.1, 0.15) is 29.3 Å². The number of imidazole rings is 1. The molecule has 1 amide bonds. The standard InChI is InChI=1S/C21H22N6O2/c1-14(20-24-16-5-3-4-6-19(16)27(20)11-12-29-2)23-21(28)18-13-17(25-26-18)15-7-9-22-10-8-15/h3-10,13-14H,11-12H2,1-2H3,(H,23,28)(H,25,26)/t14-/m1/s1. The van der Waals surface area contributed by atoms with Gasteiger partial charge in [-0.1, -0.05) is 12.1 Å². The van der Waals surface area contributed by atoms with E-state index in [9.17, 15) is 4.79 Å². The molecule has 3 heterocycles. The third kappa shape index (κ3) is 3.88. The van der Waals surface area contributed by atoms with Gasteiger partial charge in [0, 0.05) is 31.6 Å². The fourth-order valence-electron chi connectivity index (χ4n) is 3.29. The van der Waals surface area contributed by atoms with Crippen molar-refractivity contribution in [1.82, 2.24) is 30.0 Å². The molecule has 29 heavy (non-hydrogen) atoms. The highest BCUT2D eigenvalue weighted by Crippen LogP contribution is 2.22. The molecule has 1 aromatic carbocycles. The van der Waals surface area contributed by atoms with Crippen LogP contribution in [-0.2, 0) is 11.3 Å². The molecule has 4 aromatic rings. The molecule has 2 N–H and O–H groups in total. The van der Waals surface area contributed by atoms with Crippen LogP contribution in [0.25, 0.3) is 22.3 Å². The highest BCUT2D eigenvalue weighted by atomic mass is 16.5. The number of carbonyl (C=O) groups is 1. The number of hydrogen-bond acceptors (Lipinski definition) is 5. The number of nitrogens with zero attached hydrogens (tertiary/aromatic N) is 4. The van der Waals surface area contributed by atoms with Crippen molar-refractivity contribution in [3.8, 4) is 11.3 Å². The maximum atomic E-state index is 12.8. The number of H-pyrrole nitrogens is 1. The molecule has 0 aliphatic heterocycles. The van der Waals surface area contributed by atoms with Gasteiger partial charge >= 0.3 is 0 Å². The third-order valence-corrected chi connectivity index (χ3v) is 4.74. The van der Waals surface area contributed by atoms with E-state index in [1.165, 1.54) is 0 Å². The largest absolute Gasteiger partial charge is 0.383 e. The molecule has 8 nitrogen and oxygen atoms in total. The molecule has 0 fully saturated rings. The number of amides is 1. The van der Waals surface area contributed by atoms with Gasteiger partial charge in [-0.3, -0.25) is 14.9 Å². The van der Waals surface area contributed by atoms with Crippen LogP contribution in [0.4, 0.5) is 0 Å². The van der Waals surface area contributed by atoms with Crippen molar-refractivity contribution >= 4 is 16.9 Å². The first kappa shape index (κ1) is 18.8. The van der Waals surface area contributed by atoms with E-state index in [0.29, 0.717) is 24.5 Å². The number of hydrogen-bond donors (Lipinski definition) is 2. The van der Waals surface area contributed by atoms with Crippen LogP contribution in [0.15, 0.2) is 54.9 Å². The minimum atomic E-state index is -0.292. The molecule has 3 aromatic heterocycles. The zero-order valence-corrected chi connectivity index (χ0v) is 16.3. The first-order valence-corrected chi connectivity index (χ1v) is 9.38. The molecule has 0 saturated heterocycles. The van der Waals surface area contributed by atoms with E-state index in [0.717, 1.165) is 22.4 Å². The summed E-state index contributed by atoms with van der Waals surface area (Å²) in [6, 6.07) is 13.0. The van der Waals surface area contributed by atoms with Crippen LogP contribution in [0.2, 0.25) is 0 Å². The first-order chi connectivity index (χ1) is 14.2. The van der Waals surface area contributed by atoms with Crippen molar-refractivity contribution in [3.05, 3.63) is 66.4 Å². The summed E-state index contributed by atoms with van der Waals surface area (Å²) < 4.78 is 7.32. The zero-order chi connectivity index (χ0) is 20.2. The quantitative estimate of drug-likeness (QED) is 0.506. The van der Waals surface area contributed by atoms with Crippen LogP contribution < -0.4 is 5.32 Å². The molecule has 0 radical (unpaired) electrons. The molecule has 0 unspecified atom stereocenters. The van der Waals surface area contributed by atoms with Gasteiger partial charge in [0.05, 0.1) is 29.4 Å². The van der Waals surface area contributed by atoms with Gasteiger partial charge in [0.15, 0.2) is 0 Å². The number of methoxy groups -OCH3 is 1. The number of rotatable bonds is 7. The Kier molecular flexibility index (Phi) is 5.35. The van der Waals surface area contributed by atoms with Gasteiger partial charge in [-0.15, -0.1) is 0 Å². The number of fused-ring (bicyclic) bond motifs is 1. The normalized spacial score (nSPS) is 12.2. The summed E-state index contributed by atoms with van der Waals surface area (Å²) in [6.45, 7) is 3.13. The Morgan fingerprint density at radius 2 is 2.03 bits per heavy atom. The van der Waals surface area contributed by atoms with E-state index in [-0.39, 0.29) is 11.9 Å². The van der Waals surface area contributed by atoms with Crippen LogP contribution in [-0.4, -0.2) is 44.4 Å². The van der Waals surface area contributed by atoms with Crippen LogP contribution in [0.5, 0.6) is 0 Å². The summed E-state index contributed by atoms with van der Waals surface area (Å²) in [5, 5.41) is 10.0. The number of aromatic nitrogens is 5. The fraction of sp³-hybridized carbons (Fsp3) is 0.238. The summed E-state index contributed by atoms with van der Waals surface area (Å²) in [4.78, 5) is 21.5. The fourth-order valence-corrected chi connectivity index (χ4v) is 3.29. The van der Waals surface area contributed by atoms with Crippen molar-refractivity contribution in [2.45, 2.75) is 19.5 Å². The number of pyridine rings is 1. The summed E-state index contributed by atoms with van der Waals surface area (Å²) >= 11 is 0. The SMILES string of the molecule is COCCn1c([C@@H](C)NC(=O)c2cc(-c3ccncc3)n[nH]2)nc2ccccc21. The third-order valence-electron chi connectivity index (χ3n) is 4.74. The maximum Gasteiger partial charge on any atom is 0.269 e. The van der Waals surface area contributed by atoms with Crippen molar-refractivity contribution in [3.63, 3.8) is 0 Å². The number of benzene rings is 1. The van der Waals surface area contributed by atoms with E-state index in [1.54, 1.807) is 25.6 Å². The molecular weight excluding hydrogens is 368 g/mol. The van der Waals surface area contributed by atoms with Gasteiger partial charge < -0.3 is 14.6 Å². The second kappa shape index (κ2) is 8.24. The second-order valence-electron chi connectivity index (χ2n) is 6.70. The molecule has 148 valence electrons. The van der Waals surface area contributed by atoms with Crippen molar-refractivity contribution in [1.29, 1.82) is 0 Å². The van der Waals surface area contributed by atoms with Gasteiger partial charge in [0.1, 0.15) is 11.5 Å². The predicted octanol–water partition coefficient (Wildman–Crippen LogP) is 2.96. The average molecular weight is 390 g/mol. The lowest BCUT2D eigenvalue weighted by molar-refractivity contribution is 0.0932. The Balaban J connectivity index is 1.56. The smallest absolute Gasteiger partial charge is 0.269 e. The maximum absolute atomic E-state index is 12.8. The monoisotopic (exact) mass is 390 g/mol. The van der Waals surface area contributed by atoms with E-state index in [1.807, 2.05) is 43.3 Å². The lowest BCUT2D eigenvalue weighted by Crippen LogP contribution is -2.29. The predicted molar refractivity (Wildman–Crippen MR) is 109 cm³/mol. The Labute approximate surface area is 167 Å². The Hall–Kier alpha value is -3.52. The minimum absolute atomic E-state index is 0.240. The van der Waals surface area contributed by atoms with Crippen LogP contribution in [0, 0.1) is 0 Å². The first-order valence-electron chi connectivity index (χ1n) is 9.38. The van der Waals surface area contributed by atoms with Gasteiger partial charge in [0.2, 0.25) is 0 Å². The summed E-state index contributed by atoms with van der Waals surface area (Å²) in [5.41, 5.74) is 3.88. The van der Waals surface area contributed by atoms with E-state index in [4.69, 9.17) is 9.72 Å². The minimum Gasteiger partial charge on any atom is -0.383 e. The van der Waals surface area contributed by atoms with E-state index >= 15 is 0 Å². The number of ether oxygens (including phenoxy) is 1. The summed E-state index contributed by atoms with van der Waals surface area (Å²) in [6.07, 6.45) is 3.38. The molecular formula is C21H22N6O2. The van der Waals surface area contributed by atoms with E-state index < -0.39 is 0 Å². The summed E-state index contributed by atoms with van der Waals surface area (Å²) in [5.74, 6) is 0.543. The number of carbonyl (C=O) groups excluding carboxylic acids is 1. The molecule has 0 aliphatic carbocycles. The molecule has 0 saturated carbocycles. The van der Waals surface area contributed by atoms with Crippen molar-refractivity contribution in [2.75, 3.05) is 13.7 Å². The van der Waals surface area contributed by atoms with Gasteiger partial charge in [-0.2, -0.15) is 5.10 Å². The molecule has 0 spiro atoms. The van der Waals surface area contributed by atoms with E-state index in [2.05, 4.69) is 25.1 Å². The highest BCUT2D eigenvalue weighted by molar-refractivity contribution is 5.93. The van der Waals surface area contributed by atoms with Gasteiger partial charge in [-0.05, 0) is 37.3 Å². The number of nitrogens with one attached hydrogen (secondary N) is 2. The molecule has 0 aliphatic rings. The lowest BCUT2D eigenvalue weighted by atomic mass is 10.2. The second-order valence-corrected chi connectivity index (χ2v) is 6.70. The molecule has 1 atom stereocenters. The highest BCUT2D eigenvalue weighted by Gasteiger charge is 2.20. The lowest BCUT2D eigenvalue weighted by Gasteiger charge is -2.15. The Morgan fingerprint density at radius 3 is 2.83 bits per heavy atom.